The molecule has 132 valence electrons. The average Bonchev–Trinajstić information content (AvgIpc) is 2.95. The molecule has 0 unspecified atom stereocenters. The van der Waals surface area contributed by atoms with Gasteiger partial charge in [0.25, 0.3) is 5.91 Å². The number of aliphatic hydroxyl groups excluding tert-OH is 1. The van der Waals surface area contributed by atoms with E-state index in [1.165, 1.54) is 29.3 Å². The Morgan fingerprint density at radius 2 is 2.00 bits per heavy atom. The zero-order valence-corrected chi connectivity index (χ0v) is 13.0. The van der Waals surface area contributed by atoms with Crippen molar-refractivity contribution in [2.24, 2.45) is 0 Å². The molecular weight excluding hydrogens is 337 g/mol. The lowest BCUT2D eigenvalue weighted by Gasteiger charge is -2.25. The van der Waals surface area contributed by atoms with Crippen molar-refractivity contribution in [3.63, 3.8) is 0 Å². The number of aliphatic hydroxyl groups is 1. The maximum absolute atomic E-state index is 12.9. The van der Waals surface area contributed by atoms with E-state index >= 15 is 0 Å². The standard InChI is InChI=1S/C17H15F3N2O3/c18-17(19,20)12-3-1-2-10(6-12)14-8-13(23)9-22(14)16(25)11-4-5-21-15(24)7-11/h1-7,13-14,23H,8-9H2,(H,21,24)/t13-,14+/m1/s1. The Morgan fingerprint density at radius 1 is 1.24 bits per heavy atom. The number of likely N-dealkylation sites (tertiary alicyclic amines) is 1. The SMILES string of the molecule is O=C(c1cc[nH]c(=O)c1)N1C[C@H](O)C[C@H]1c1cccc(C(F)(F)F)c1. The first kappa shape index (κ1) is 17.2. The van der Waals surface area contributed by atoms with Crippen LogP contribution in [0, 0.1) is 0 Å². The molecular formula is C17H15F3N2O3. The van der Waals surface area contributed by atoms with E-state index < -0.39 is 35.4 Å². The average molecular weight is 352 g/mol. The number of alkyl halides is 3. The molecule has 1 aliphatic heterocycles. The number of hydrogen-bond donors (Lipinski definition) is 2. The molecule has 1 amide bonds. The molecule has 2 N–H and O–H groups in total. The molecule has 0 saturated carbocycles. The number of nitrogens with one attached hydrogen (secondary N) is 1. The summed E-state index contributed by atoms with van der Waals surface area (Å²) in [5.41, 5.74) is -0.851. The van der Waals surface area contributed by atoms with E-state index in [1.807, 2.05) is 0 Å². The summed E-state index contributed by atoms with van der Waals surface area (Å²) in [6.45, 7) is -0.00740. The smallest absolute Gasteiger partial charge is 0.391 e. The van der Waals surface area contributed by atoms with E-state index in [4.69, 9.17) is 0 Å². The van der Waals surface area contributed by atoms with Crippen LogP contribution in [0.2, 0.25) is 0 Å². The first-order chi connectivity index (χ1) is 11.8. The number of halogens is 3. The first-order valence-electron chi connectivity index (χ1n) is 7.60. The number of hydrogen-bond acceptors (Lipinski definition) is 3. The van der Waals surface area contributed by atoms with Crippen LogP contribution >= 0.6 is 0 Å². The Balaban J connectivity index is 1.95. The molecule has 2 aromatic rings. The van der Waals surface area contributed by atoms with Crippen LogP contribution in [0.3, 0.4) is 0 Å². The summed E-state index contributed by atoms with van der Waals surface area (Å²) in [7, 11) is 0. The summed E-state index contributed by atoms with van der Waals surface area (Å²) in [6, 6.07) is 6.56. The number of benzene rings is 1. The number of carbonyl (C=O) groups excluding carboxylic acids is 1. The molecule has 0 spiro atoms. The molecule has 2 atom stereocenters. The van der Waals surface area contributed by atoms with Gasteiger partial charge < -0.3 is 15.0 Å². The Morgan fingerprint density at radius 3 is 2.68 bits per heavy atom. The van der Waals surface area contributed by atoms with Crippen molar-refractivity contribution in [3.8, 4) is 0 Å². The fourth-order valence-corrected chi connectivity index (χ4v) is 3.02. The molecule has 2 heterocycles. The number of aromatic nitrogens is 1. The number of carbonyl (C=O) groups is 1. The molecule has 25 heavy (non-hydrogen) atoms. The molecule has 1 saturated heterocycles. The first-order valence-corrected chi connectivity index (χ1v) is 7.60. The highest BCUT2D eigenvalue weighted by Gasteiger charge is 2.37. The van der Waals surface area contributed by atoms with Gasteiger partial charge in [0.2, 0.25) is 5.56 Å². The Hall–Kier alpha value is -2.61. The largest absolute Gasteiger partial charge is 0.416 e. The molecule has 3 rings (SSSR count). The Bertz CT molecular complexity index is 847. The van der Waals surface area contributed by atoms with Gasteiger partial charge in [0.1, 0.15) is 0 Å². The second-order valence-corrected chi connectivity index (χ2v) is 5.93. The van der Waals surface area contributed by atoms with Gasteiger partial charge in [-0.15, -0.1) is 0 Å². The van der Waals surface area contributed by atoms with Crippen molar-refractivity contribution in [1.29, 1.82) is 0 Å². The monoisotopic (exact) mass is 352 g/mol. The molecule has 5 nitrogen and oxygen atoms in total. The third kappa shape index (κ3) is 3.58. The van der Waals surface area contributed by atoms with Crippen molar-refractivity contribution < 1.29 is 23.1 Å². The van der Waals surface area contributed by atoms with E-state index in [0.717, 1.165) is 18.2 Å². The van der Waals surface area contributed by atoms with E-state index in [0.29, 0.717) is 5.56 Å². The lowest BCUT2D eigenvalue weighted by atomic mass is 10.0. The van der Waals surface area contributed by atoms with E-state index in [9.17, 15) is 27.9 Å². The van der Waals surface area contributed by atoms with Crippen LogP contribution in [0.5, 0.6) is 0 Å². The van der Waals surface area contributed by atoms with Crippen molar-refractivity contribution >= 4 is 5.91 Å². The summed E-state index contributed by atoms with van der Waals surface area (Å²) in [6.07, 6.45) is -3.88. The van der Waals surface area contributed by atoms with Gasteiger partial charge in [-0.3, -0.25) is 9.59 Å². The predicted molar refractivity (Wildman–Crippen MR) is 82.9 cm³/mol. The van der Waals surface area contributed by atoms with Gasteiger partial charge in [0.15, 0.2) is 0 Å². The van der Waals surface area contributed by atoms with Gasteiger partial charge in [-0.25, -0.2) is 0 Å². The topological polar surface area (TPSA) is 73.4 Å². The van der Waals surface area contributed by atoms with E-state index in [1.54, 1.807) is 0 Å². The van der Waals surface area contributed by atoms with Crippen LogP contribution < -0.4 is 5.56 Å². The Labute approximate surface area is 140 Å². The van der Waals surface area contributed by atoms with Crippen LogP contribution in [0.15, 0.2) is 47.4 Å². The number of pyridine rings is 1. The van der Waals surface area contributed by atoms with Crippen LogP contribution in [-0.2, 0) is 6.18 Å². The fraction of sp³-hybridized carbons (Fsp3) is 0.294. The third-order valence-corrected chi connectivity index (χ3v) is 4.16. The van der Waals surface area contributed by atoms with Crippen LogP contribution in [-0.4, -0.2) is 33.5 Å². The molecule has 1 aromatic carbocycles. The Kier molecular flexibility index (Phi) is 4.38. The maximum Gasteiger partial charge on any atom is 0.416 e. The third-order valence-electron chi connectivity index (χ3n) is 4.16. The molecule has 1 aromatic heterocycles. The van der Waals surface area contributed by atoms with Crippen molar-refractivity contribution in [1.82, 2.24) is 9.88 Å². The molecule has 0 radical (unpaired) electrons. The molecule has 0 bridgehead atoms. The number of β-amino-alcohol motifs (C(OH)–C–C–N with tert-alkyl or cyclic N) is 1. The van der Waals surface area contributed by atoms with Gasteiger partial charge in [-0.2, -0.15) is 13.2 Å². The second-order valence-electron chi connectivity index (χ2n) is 5.93. The summed E-state index contributed by atoms with van der Waals surface area (Å²) >= 11 is 0. The summed E-state index contributed by atoms with van der Waals surface area (Å²) in [4.78, 5) is 27.7. The second kappa shape index (κ2) is 6.36. The minimum atomic E-state index is -4.49. The summed E-state index contributed by atoms with van der Waals surface area (Å²) in [5, 5.41) is 9.93. The van der Waals surface area contributed by atoms with Crippen LogP contribution in [0.1, 0.15) is 33.9 Å². The summed E-state index contributed by atoms with van der Waals surface area (Å²) < 4.78 is 38.8. The predicted octanol–water partition coefficient (Wildman–Crippen LogP) is 2.34. The van der Waals surface area contributed by atoms with Gasteiger partial charge in [0.05, 0.1) is 17.7 Å². The quantitative estimate of drug-likeness (QED) is 0.871. The number of H-pyrrole nitrogens is 1. The molecule has 8 heteroatoms. The van der Waals surface area contributed by atoms with Crippen LogP contribution in [0.4, 0.5) is 13.2 Å². The number of nitrogens with zero attached hydrogens (tertiary/aromatic N) is 1. The fourth-order valence-electron chi connectivity index (χ4n) is 3.02. The molecule has 1 fully saturated rings. The zero-order chi connectivity index (χ0) is 18.2. The number of aromatic amines is 1. The van der Waals surface area contributed by atoms with Crippen LogP contribution in [0.25, 0.3) is 0 Å². The van der Waals surface area contributed by atoms with Gasteiger partial charge in [-0.05, 0) is 30.2 Å². The minimum Gasteiger partial charge on any atom is -0.391 e. The lowest BCUT2D eigenvalue weighted by molar-refractivity contribution is -0.137. The highest BCUT2D eigenvalue weighted by molar-refractivity contribution is 5.94. The highest BCUT2D eigenvalue weighted by Crippen LogP contribution is 2.36. The van der Waals surface area contributed by atoms with Gasteiger partial charge in [0, 0.05) is 24.4 Å². The highest BCUT2D eigenvalue weighted by atomic mass is 19.4. The van der Waals surface area contributed by atoms with Gasteiger partial charge in [-0.1, -0.05) is 12.1 Å². The molecule has 0 aliphatic carbocycles. The summed E-state index contributed by atoms with van der Waals surface area (Å²) in [5.74, 6) is -0.509. The zero-order valence-electron chi connectivity index (χ0n) is 13.0. The molecule has 1 aliphatic rings. The maximum atomic E-state index is 12.9. The van der Waals surface area contributed by atoms with Crippen molar-refractivity contribution in [2.75, 3.05) is 6.54 Å². The normalized spacial score (nSPS) is 20.7. The van der Waals surface area contributed by atoms with Crippen molar-refractivity contribution in [2.45, 2.75) is 24.7 Å². The van der Waals surface area contributed by atoms with Gasteiger partial charge >= 0.3 is 6.18 Å². The van der Waals surface area contributed by atoms with E-state index in [-0.39, 0.29) is 18.5 Å². The minimum absolute atomic E-state index is 0.00740. The number of rotatable bonds is 2. The lowest BCUT2D eigenvalue weighted by Crippen LogP contribution is -2.32. The van der Waals surface area contributed by atoms with E-state index in [2.05, 4.69) is 4.98 Å². The van der Waals surface area contributed by atoms with Crippen molar-refractivity contribution in [3.05, 3.63) is 69.6 Å². The number of amides is 1.